The minimum atomic E-state index is -2.23. The van der Waals surface area contributed by atoms with Gasteiger partial charge in [-0.05, 0) is 11.1 Å². The largest absolute Gasteiger partial charge is 0.203 e. The van der Waals surface area contributed by atoms with Crippen molar-refractivity contribution in [1.82, 2.24) is 0 Å². The second-order valence-electron chi connectivity index (χ2n) is 21.2. The SMILES string of the molecule is C[Si](C)(C)c1ccc([Si](C)(C)C)c([Si](C)(C)C)c1-c1c(F)c(F)c(F)c(F)c1F.C[Si](C)(C)c1ccc([Si](C)(C)C)c([Si](C)(C)C)c1-c1c(F)c(F)c(F)c(F)c1F. The summed E-state index contributed by atoms with van der Waals surface area (Å²) < 4.78 is 144. The van der Waals surface area contributed by atoms with Crippen molar-refractivity contribution in [3.05, 3.63) is 82.4 Å². The first-order valence-electron chi connectivity index (χ1n) is 19.2. The second-order valence-corrected chi connectivity index (χ2v) is 51.4. The molecule has 4 aromatic carbocycles. The van der Waals surface area contributed by atoms with E-state index in [1.807, 2.05) is 63.5 Å². The number of benzene rings is 4. The lowest BCUT2D eigenvalue weighted by atomic mass is 10.0. The molecule has 0 aliphatic rings. The summed E-state index contributed by atoms with van der Waals surface area (Å²) in [5, 5.41) is 5.13. The van der Waals surface area contributed by atoms with Crippen molar-refractivity contribution in [3.63, 3.8) is 0 Å². The van der Waals surface area contributed by atoms with E-state index in [9.17, 15) is 43.9 Å². The number of hydrogen-bond donors (Lipinski definition) is 0. The summed E-state index contributed by atoms with van der Waals surface area (Å²) in [5.74, 6) is -18.8. The quantitative estimate of drug-likeness (QED) is 0.0715. The van der Waals surface area contributed by atoms with Crippen LogP contribution < -0.4 is 31.1 Å². The van der Waals surface area contributed by atoms with Crippen molar-refractivity contribution in [1.29, 1.82) is 0 Å². The predicted octanol–water partition coefficient (Wildman–Crippen LogP) is 11.4. The first kappa shape index (κ1) is 49.8. The van der Waals surface area contributed by atoms with Gasteiger partial charge in [0.15, 0.2) is 46.5 Å². The maximum Gasteiger partial charge on any atom is 0.200 e. The van der Waals surface area contributed by atoms with Gasteiger partial charge in [-0.25, -0.2) is 43.9 Å². The zero-order valence-corrected chi connectivity index (χ0v) is 43.1. The van der Waals surface area contributed by atoms with Gasteiger partial charge in [-0.1, -0.05) is 173 Å². The van der Waals surface area contributed by atoms with Crippen molar-refractivity contribution in [2.24, 2.45) is 0 Å². The fourth-order valence-corrected chi connectivity index (χ4v) is 22.1. The highest BCUT2D eigenvalue weighted by atomic mass is 28.3. The van der Waals surface area contributed by atoms with E-state index < -0.39 is 118 Å². The van der Waals surface area contributed by atoms with Crippen LogP contribution in [0.3, 0.4) is 0 Å². The molecule has 0 fully saturated rings. The van der Waals surface area contributed by atoms with Crippen LogP contribution in [0.1, 0.15) is 0 Å². The molecule has 4 aromatic rings. The molecular formula is C42H58F10Si6. The van der Waals surface area contributed by atoms with Crippen molar-refractivity contribution < 1.29 is 43.9 Å². The van der Waals surface area contributed by atoms with Gasteiger partial charge >= 0.3 is 0 Å². The van der Waals surface area contributed by atoms with Crippen LogP contribution in [0, 0.1) is 58.2 Å². The van der Waals surface area contributed by atoms with Gasteiger partial charge in [0, 0.05) is 0 Å². The lowest BCUT2D eigenvalue weighted by molar-refractivity contribution is 0.381. The van der Waals surface area contributed by atoms with Gasteiger partial charge < -0.3 is 0 Å². The third-order valence-corrected chi connectivity index (χ3v) is 22.7. The highest BCUT2D eigenvalue weighted by Gasteiger charge is 2.40. The van der Waals surface area contributed by atoms with Crippen LogP contribution in [0.4, 0.5) is 43.9 Å². The summed E-state index contributed by atoms with van der Waals surface area (Å²) in [6, 6.07) is 7.78. The Morgan fingerprint density at radius 3 is 0.569 bits per heavy atom. The van der Waals surface area contributed by atoms with Gasteiger partial charge in [0.05, 0.1) is 59.6 Å². The van der Waals surface area contributed by atoms with E-state index in [-0.39, 0.29) is 11.1 Å². The lowest BCUT2D eigenvalue weighted by Gasteiger charge is -2.34. The first-order chi connectivity index (χ1) is 25.8. The van der Waals surface area contributed by atoms with Crippen LogP contribution in [-0.4, -0.2) is 48.4 Å². The van der Waals surface area contributed by atoms with E-state index in [1.54, 1.807) is 0 Å². The maximum absolute atomic E-state index is 15.0. The van der Waals surface area contributed by atoms with Crippen LogP contribution in [0.25, 0.3) is 22.3 Å². The number of hydrogen-bond acceptors (Lipinski definition) is 0. The molecule has 0 aliphatic carbocycles. The molecule has 16 heteroatoms. The van der Waals surface area contributed by atoms with E-state index in [2.05, 4.69) is 78.6 Å². The average Bonchev–Trinajstić information content (AvgIpc) is 3.05. The minimum absolute atomic E-state index is 0.246. The van der Waals surface area contributed by atoms with Gasteiger partial charge in [-0.2, -0.15) is 0 Å². The molecule has 0 radical (unpaired) electrons. The Hall–Kier alpha value is -2.52. The van der Waals surface area contributed by atoms with E-state index in [0.29, 0.717) is 0 Å². The molecule has 0 nitrogen and oxygen atoms in total. The van der Waals surface area contributed by atoms with E-state index >= 15 is 0 Å². The smallest absolute Gasteiger partial charge is 0.200 e. The molecule has 0 bridgehead atoms. The molecule has 0 amide bonds. The summed E-state index contributed by atoms with van der Waals surface area (Å²) in [4.78, 5) is 0. The molecule has 4 rings (SSSR count). The fourth-order valence-electron chi connectivity index (χ4n) is 7.43. The van der Waals surface area contributed by atoms with Crippen molar-refractivity contribution >= 4 is 79.6 Å². The van der Waals surface area contributed by atoms with Crippen LogP contribution >= 0.6 is 0 Å². The van der Waals surface area contributed by atoms with Crippen molar-refractivity contribution in [2.45, 2.75) is 118 Å². The Balaban J connectivity index is 0.000000310. The highest BCUT2D eigenvalue weighted by molar-refractivity contribution is 7.01. The monoisotopic (exact) mass is 920 g/mol. The number of halogens is 10. The van der Waals surface area contributed by atoms with Crippen LogP contribution in [0.15, 0.2) is 24.3 Å². The van der Waals surface area contributed by atoms with Gasteiger partial charge in [-0.3, -0.25) is 0 Å². The van der Waals surface area contributed by atoms with E-state index in [1.165, 1.54) is 0 Å². The van der Waals surface area contributed by atoms with Crippen molar-refractivity contribution in [3.8, 4) is 22.3 Å². The van der Waals surface area contributed by atoms with Crippen LogP contribution in [-0.2, 0) is 0 Å². The molecule has 0 heterocycles. The summed E-state index contributed by atoms with van der Waals surface area (Å²) in [6.07, 6.45) is 0. The molecule has 0 N–H and O–H groups in total. The summed E-state index contributed by atoms with van der Waals surface area (Å²) >= 11 is 0. The Kier molecular flexibility index (Phi) is 14.1. The van der Waals surface area contributed by atoms with Crippen LogP contribution in [0.5, 0.6) is 0 Å². The van der Waals surface area contributed by atoms with Crippen molar-refractivity contribution in [2.75, 3.05) is 0 Å². The lowest BCUT2D eigenvalue weighted by Crippen LogP contribution is -2.60. The maximum atomic E-state index is 15.0. The molecular weight excluding hydrogens is 863 g/mol. The van der Waals surface area contributed by atoms with Crippen LogP contribution in [0.2, 0.25) is 118 Å². The standard InChI is InChI=1S/2C21H29F5Si3/c2*1-27(2,3)12-10-11-13(28(4,5)6)21(29(7,8)9)14(12)15-16(22)18(24)20(26)19(25)17(15)23/h2*10-11H,1-9H3. The van der Waals surface area contributed by atoms with Gasteiger partial charge in [-0.15, -0.1) is 0 Å². The summed E-state index contributed by atoms with van der Waals surface area (Å²) in [7, 11) is -12.8. The Morgan fingerprint density at radius 2 is 0.397 bits per heavy atom. The molecule has 0 spiro atoms. The Labute approximate surface area is 344 Å². The Morgan fingerprint density at radius 1 is 0.224 bits per heavy atom. The highest BCUT2D eigenvalue weighted by Crippen LogP contribution is 2.34. The summed E-state index contributed by atoms with van der Waals surface area (Å²) in [5.41, 5.74) is -1.04. The topological polar surface area (TPSA) is 0 Å². The normalized spacial score (nSPS) is 13.2. The summed E-state index contributed by atoms with van der Waals surface area (Å²) in [6.45, 7) is 37.2. The third kappa shape index (κ3) is 9.66. The van der Waals surface area contributed by atoms with Gasteiger partial charge in [0.25, 0.3) is 0 Å². The first-order valence-corrected chi connectivity index (χ1v) is 40.2. The zero-order chi connectivity index (χ0) is 45.4. The number of rotatable bonds is 8. The molecule has 0 aliphatic heterocycles. The minimum Gasteiger partial charge on any atom is -0.203 e. The van der Waals surface area contributed by atoms with Gasteiger partial charge in [0.1, 0.15) is 0 Å². The van der Waals surface area contributed by atoms with E-state index in [0.717, 1.165) is 31.1 Å². The molecule has 0 unspecified atom stereocenters. The van der Waals surface area contributed by atoms with E-state index in [4.69, 9.17) is 0 Å². The van der Waals surface area contributed by atoms with Gasteiger partial charge in [0.2, 0.25) is 11.6 Å². The molecule has 0 saturated carbocycles. The molecule has 0 saturated heterocycles. The second kappa shape index (κ2) is 16.4. The molecule has 0 atom stereocenters. The molecule has 320 valence electrons. The molecule has 58 heavy (non-hydrogen) atoms. The third-order valence-electron chi connectivity index (χ3n) is 10.1. The Bertz CT molecular complexity index is 2030. The zero-order valence-electron chi connectivity index (χ0n) is 37.1. The fraction of sp³-hybridized carbons (Fsp3) is 0.429. The average molecular weight is 921 g/mol. The predicted molar refractivity (Wildman–Crippen MR) is 241 cm³/mol. The molecule has 0 aromatic heterocycles.